The first-order valence-electron chi connectivity index (χ1n) is 6.56. The molecule has 1 atom stereocenters. The fourth-order valence-electron chi connectivity index (χ4n) is 2.29. The van der Waals surface area contributed by atoms with Gasteiger partial charge in [0, 0.05) is 12.3 Å². The summed E-state index contributed by atoms with van der Waals surface area (Å²) in [6.07, 6.45) is 0.793. The van der Waals surface area contributed by atoms with E-state index in [-0.39, 0.29) is 11.7 Å². The van der Waals surface area contributed by atoms with Crippen molar-refractivity contribution in [2.45, 2.75) is 12.3 Å². The van der Waals surface area contributed by atoms with Gasteiger partial charge in [0.15, 0.2) is 0 Å². The van der Waals surface area contributed by atoms with Crippen molar-refractivity contribution in [3.05, 3.63) is 64.9 Å². The van der Waals surface area contributed by atoms with Crippen molar-refractivity contribution >= 4 is 21.6 Å². The second-order valence-electron chi connectivity index (χ2n) is 4.76. The molecule has 20 heavy (non-hydrogen) atoms. The van der Waals surface area contributed by atoms with Gasteiger partial charge in [0.2, 0.25) is 0 Å². The van der Waals surface area contributed by atoms with Crippen LogP contribution in [0, 0.1) is 5.82 Å². The lowest BCUT2D eigenvalue weighted by molar-refractivity contribution is 0.623. The van der Waals surface area contributed by atoms with Crippen LogP contribution in [0.4, 0.5) is 4.39 Å². The van der Waals surface area contributed by atoms with Gasteiger partial charge in [0.05, 0.1) is 15.2 Å². The topological polar surface area (TPSA) is 38.9 Å². The number of rotatable bonds is 4. The molecule has 2 N–H and O–H groups in total. The summed E-state index contributed by atoms with van der Waals surface area (Å²) in [5.41, 5.74) is 7.96. The van der Waals surface area contributed by atoms with Crippen LogP contribution in [0.25, 0.3) is 10.2 Å². The van der Waals surface area contributed by atoms with Gasteiger partial charge in [0.1, 0.15) is 5.82 Å². The van der Waals surface area contributed by atoms with E-state index in [0.29, 0.717) is 6.54 Å². The van der Waals surface area contributed by atoms with Crippen molar-refractivity contribution in [3.63, 3.8) is 0 Å². The number of hydrogen-bond donors (Lipinski definition) is 1. The fraction of sp³-hybridized carbons (Fsp3) is 0.188. The summed E-state index contributed by atoms with van der Waals surface area (Å²) in [5, 5.41) is 1.07. The Hall–Kier alpha value is -1.78. The zero-order valence-electron chi connectivity index (χ0n) is 10.9. The van der Waals surface area contributed by atoms with Gasteiger partial charge in [-0.2, -0.15) is 0 Å². The van der Waals surface area contributed by atoms with Crippen LogP contribution in [0.2, 0.25) is 0 Å². The third-order valence-corrected chi connectivity index (χ3v) is 4.44. The molecule has 4 heteroatoms. The molecule has 102 valence electrons. The Morgan fingerprint density at radius 3 is 2.55 bits per heavy atom. The molecule has 1 aromatic heterocycles. The molecular weight excluding hydrogens is 271 g/mol. The van der Waals surface area contributed by atoms with E-state index in [2.05, 4.69) is 11.1 Å². The van der Waals surface area contributed by atoms with E-state index in [4.69, 9.17) is 5.73 Å². The van der Waals surface area contributed by atoms with E-state index in [9.17, 15) is 4.39 Å². The Morgan fingerprint density at radius 1 is 1.10 bits per heavy atom. The standard InChI is InChI=1S/C16H15FN2S/c17-13-7-5-11(6-8-13)12(10-18)9-16-19-14-3-1-2-4-15(14)20-16/h1-8,12H,9-10,18H2. The molecule has 0 fully saturated rings. The van der Waals surface area contributed by atoms with Gasteiger partial charge in [-0.25, -0.2) is 9.37 Å². The second-order valence-corrected chi connectivity index (χ2v) is 5.88. The first kappa shape index (κ1) is 13.2. The zero-order valence-corrected chi connectivity index (χ0v) is 11.7. The summed E-state index contributed by atoms with van der Waals surface area (Å²) in [6.45, 7) is 0.529. The average Bonchev–Trinajstić information content (AvgIpc) is 2.88. The number of halogens is 1. The van der Waals surface area contributed by atoms with Crippen molar-refractivity contribution in [2.24, 2.45) is 5.73 Å². The summed E-state index contributed by atoms with van der Waals surface area (Å²) in [5.74, 6) is -0.0410. The van der Waals surface area contributed by atoms with E-state index in [1.54, 1.807) is 23.5 Å². The van der Waals surface area contributed by atoms with E-state index < -0.39 is 0 Å². The third kappa shape index (κ3) is 2.71. The van der Waals surface area contributed by atoms with Gasteiger partial charge in [-0.1, -0.05) is 24.3 Å². The Morgan fingerprint density at radius 2 is 1.85 bits per heavy atom. The molecule has 3 rings (SSSR count). The number of hydrogen-bond acceptors (Lipinski definition) is 3. The van der Waals surface area contributed by atoms with Crippen molar-refractivity contribution in [2.75, 3.05) is 6.54 Å². The van der Waals surface area contributed by atoms with Crippen LogP contribution in [0.15, 0.2) is 48.5 Å². The normalized spacial score (nSPS) is 12.7. The van der Waals surface area contributed by atoms with Crippen LogP contribution in [-0.2, 0) is 6.42 Å². The van der Waals surface area contributed by atoms with Gasteiger partial charge in [0.25, 0.3) is 0 Å². The molecule has 0 spiro atoms. The van der Waals surface area contributed by atoms with Gasteiger partial charge >= 0.3 is 0 Å². The smallest absolute Gasteiger partial charge is 0.123 e. The van der Waals surface area contributed by atoms with Gasteiger partial charge < -0.3 is 5.73 Å². The van der Waals surface area contributed by atoms with Crippen LogP contribution in [0.5, 0.6) is 0 Å². The van der Waals surface area contributed by atoms with Crippen molar-refractivity contribution in [1.29, 1.82) is 0 Å². The first-order valence-corrected chi connectivity index (χ1v) is 7.38. The molecule has 1 heterocycles. The number of benzene rings is 2. The Labute approximate surface area is 121 Å². The lowest BCUT2D eigenvalue weighted by Gasteiger charge is -2.13. The molecule has 0 aliphatic heterocycles. The molecule has 0 saturated carbocycles. The maximum Gasteiger partial charge on any atom is 0.123 e. The largest absolute Gasteiger partial charge is 0.330 e. The van der Waals surface area contributed by atoms with E-state index in [0.717, 1.165) is 22.5 Å². The van der Waals surface area contributed by atoms with Crippen LogP contribution < -0.4 is 5.73 Å². The highest BCUT2D eigenvalue weighted by molar-refractivity contribution is 7.18. The number of thiazole rings is 1. The molecule has 0 aliphatic rings. The monoisotopic (exact) mass is 286 g/mol. The van der Waals surface area contributed by atoms with Crippen molar-refractivity contribution < 1.29 is 4.39 Å². The maximum atomic E-state index is 13.0. The summed E-state index contributed by atoms with van der Waals surface area (Å²) in [6, 6.07) is 14.7. The summed E-state index contributed by atoms with van der Waals surface area (Å²) < 4.78 is 14.2. The van der Waals surface area contributed by atoms with E-state index >= 15 is 0 Å². The molecule has 3 aromatic rings. The lowest BCUT2D eigenvalue weighted by atomic mass is 9.96. The summed E-state index contributed by atoms with van der Waals surface area (Å²) >= 11 is 1.70. The molecule has 2 nitrogen and oxygen atoms in total. The minimum Gasteiger partial charge on any atom is -0.330 e. The van der Waals surface area contributed by atoms with Gasteiger partial charge in [-0.15, -0.1) is 11.3 Å². The molecule has 0 bridgehead atoms. The zero-order chi connectivity index (χ0) is 13.9. The third-order valence-electron chi connectivity index (χ3n) is 3.39. The predicted molar refractivity (Wildman–Crippen MR) is 81.5 cm³/mol. The molecular formula is C16H15FN2S. The second kappa shape index (κ2) is 5.69. The highest BCUT2D eigenvalue weighted by atomic mass is 32.1. The lowest BCUT2D eigenvalue weighted by Crippen LogP contribution is -2.15. The minimum atomic E-state index is -0.218. The highest BCUT2D eigenvalue weighted by Gasteiger charge is 2.13. The Bertz CT molecular complexity index is 673. The predicted octanol–water partition coefficient (Wildman–Crippen LogP) is 3.72. The van der Waals surface area contributed by atoms with Gasteiger partial charge in [-0.3, -0.25) is 0 Å². The fourth-order valence-corrected chi connectivity index (χ4v) is 3.34. The molecule has 0 aliphatic carbocycles. The van der Waals surface area contributed by atoms with Crippen LogP contribution in [-0.4, -0.2) is 11.5 Å². The quantitative estimate of drug-likeness (QED) is 0.794. The van der Waals surface area contributed by atoms with Crippen molar-refractivity contribution in [3.8, 4) is 0 Å². The Kier molecular flexibility index (Phi) is 3.76. The van der Waals surface area contributed by atoms with Crippen LogP contribution in [0.3, 0.4) is 0 Å². The average molecular weight is 286 g/mol. The number of nitrogens with zero attached hydrogens (tertiary/aromatic N) is 1. The van der Waals surface area contributed by atoms with Crippen LogP contribution >= 0.6 is 11.3 Å². The van der Waals surface area contributed by atoms with Crippen LogP contribution in [0.1, 0.15) is 16.5 Å². The van der Waals surface area contributed by atoms with E-state index in [1.165, 1.54) is 16.8 Å². The molecule has 1 unspecified atom stereocenters. The first-order chi connectivity index (χ1) is 9.76. The molecule has 2 aromatic carbocycles. The number of nitrogens with two attached hydrogens (primary N) is 1. The Balaban J connectivity index is 1.85. The molecule has 0 radical (unpaired) electrons. The van der Waals surface area contributed by atoms with Gasteiger partial charge in [-0.05, 0) is 36.4 Å². The highest BCUT2D eigenvalue weighted by Crippen LogP contribution is 2.27. The summed E-state index contributed by atoms with van der Waals surface area (Å²) in [4.78, 5) is 4.63. The SMILES string of the molecule is NCC(Cc1nc2ccccc2s1)c1ccc(F)cc1. The number of aromatic nitrogens is 1. The summed E-state index contributed by atoms with van der Waals surface area (Å²) in [7, 11) is 0. The van der Waals surface area contributed by atoms with E-state index in [1.807, 2.05) is 18.2 Å². The number of para-hydroxylation sites is 1. The molecule has 0 saturated heterocycles. The number of fused-ring (bicyclic) bond motifs is 1. The molecule has 0 amide bonds. The minimum absolute atomic E-state index is 0.177. The van der Waals surface area contributed by atoms with Crippen molar-refractivity contribution in [1.82, 2.24) is 4.98 Å². The maximum absolute atomic E-state index is 13.0.